The third-order valence-electron chi connectivity index (χ3n) is 2.31. The van der Waals surface area contributed by atoms with Crippen molar-refractivity contribution in [3.63, 3.8) is 0 Å². The quantitative estimate of drug-likeness (QED) is 0.729. The average molecular weight is 217 g/mol. The number of methoxy groups -OCH3 is 1. The molecule has 2 rings (SSSR count). The minimum atomic E-state index is 0.435. The van der Waals surface area contributed by atoms with Crippen molar-refractivity contribution < 1.29 is 9.53 Å². The number of aromatic nitrogens is 3. The first-order valence-corrected chi connectivity index (χ1v) is 4.78. The maximum Gasteiger partial charge on any atom is 0.170 e. The predicted octanol–water partition coefficient (Wildman–Crippen LogP) is 1.40. The van der Waals surface area contributed by atoms with E-state index >= 15 is 0 Å². The number of carbonyl (C=O) groups is 1. The highest BCUT2D eigenvalue weighted by molar-refractivity contribution is 5.75. The first-order chi connectivity index (χ1) is 7.77. The highest BCUT2D eigenvalue weighted by Gasteiger charge is 2.12. The molecular formula is C11H11N3O2. The number of nitrogens with zero attached hydrogens (tertiary/aromatic N) is 3. The van der Waals surface area contributed by atoms with Crippen LogP contribution in [0.4, 0.5) is 0 Å². The lowest BCUT2D eigenvalue weighted by molar-refractivity contribution is 0.111. The van der Waals surface area contributed by atoms with Crippen LogP contribution in [0.1, 0.15) is 16.2 Å². The fraction of sp³-hybridized carbons (Fsp3) is 0.182. The summed E-state index contributed by atoms with van der Waals surface area (Å²) in [6.45, 7) is 1.74. The standard InChI is InChI=1S/C11H11N3O2/c1-8-10(7-15)14(13-12-8)9-5-3-4-6-11(9)16-2/h3-7H,1-2H3. The van der Waals surface area contributed by atoms with E-state index in [9.17, 15) is 4.79 Å². The Hall–Kier alpha value is -2.17. The molecule has 0 amide bonds. The van der Waals surface area contributed by atoms with Crippen molar-refractivity contribution in [1.29, 1.82) is 0 Å². The maximum absolute atomic E-state index is 10.9. The number of benzene rings is 1. The molecule has 0 aliphatic carbocycles. The van der Waals surface area contributed by atoms with Crippen LogP contribution in [0.15, 0.2) is 24.3 Å². The van der Waals surface area contributed by atoms with Crippen LogP contribution >= 0.6 is 0 Å². The lowest BCUT2D eigenvalue weighted by Crippen LogP contribution is -2.04. The maximum atomic E-state index is 10.9. The van der Waals surface area contributed by atoms with E-state index in [0.29, 0.717) is 22.8 Å². The van der Waals surface area contributed by atoms with E-state index in [2.05, 4.69) is 10.3 Å². The lowest BCUT2D eigenvalue weighted by atomic mass is 10.2. The van der Waals surface area contributed by atoms with Crippen molar-refractivity contribution in [1.82, 2.24) is 15.0 Å². The van der Waals surface area contributed by atoms with Gasteiger partial charge in [-0.1, -0.05) is 17.3 Å². The second-order valence-electron chi connectivity index (χ2n) is 3.26. The molecule has 0 N–H and O–H groups in total. The molecule has 1 aromatic carbocycles. The number of hydrogen-bond donors (Lipinski definition) is 0. The van der Waals surface area contributed by atoms with Crippen LogP contribution in [0.2, 0.25) is 0 Å². The summed E-state index contributed by atoms with van der Waals surface area (Å²) >= 11 is 0. The van der Waals surface area contributed by atoms with Crippen molar-refractivity contribution in [2.45, 2.75) is 6.92 Å². The van der Waals surface area contributed by atoms with E-state index in [4.69, 9.17) is 4.74 Å². The molecule has 16 heavy (non-hydrogen) atoms. The second kappa shape index (κ2) is 4.14. The summed E-state index contributed by atoms with van der Waals surface area (Å²) in [6, 6.07) is 7.33. The molecule has 0 radical (unpaired) electrons. The van der Waals surface area contributed by atoms with E-state index in [1.54, 1.807) is 20.1 Å². The Morgan fingerprint density at radius 1 is 1.38 bits per heavy atom. The summed E-state index contributed by atoms with van der Waals surface area (Å²) in [5.74, 6) is 0.649. The number of aryl methyl sites for hydroxylation is 1. The zero-order valence-corrected chi connectivity index (χ0v) is 9.04. The van der Waals surface area contributed by atoms with Gasteiger partial charge in [0.15, 0.2) is 6.29 Å². The van der Waals surface area contributed by atoms with Gasteiger partial charge < -0.3 is 4.74 Å². The van der Waals surface area contributed by atoms with Gasteiger partial charge in [-0.25, -0.2) is 4.68 Å². The molecule has 0 aliphatic heterocycles. The van der Waals surface area contributed by atoms with Gasteiger partial charge in [0, 0.05) is 0 Å². The van der Waals surface area contributed by atoms with E-state index in [-0.39, 0.29) is 0 Å². The molecule has 0 fully saturated rings. The van der Waals surface area contributed by atoms with Gasteiger partial charge in [-0.3, -0.25) is 4.79 Å². The Bertz CT molecular complexity index is 520. The van der Waals surface area contributed by atoms with Crippen molar-refractivity contribution in [2.75, 3.05) is 7.11 Å². The zero-order valence-electron chi connectivity index (χ0n) is 9.04. The second-order valence-corrected chi connectivity index (χ2v) is 3.26. The third kappa shape index (κ3) is 1.56. The fourth-order valence-electron chi connectivity index (χ4n) is 1.48. The van der Waals surface area contributed by atoms with E-state index in [1.807, 2.05) is 18.2 Å². The van der Waals surface area contributed by atoms with Crippen molar-refractivity contribution in [3.05, 3.63) is 35.7 Å². The van der Waals surface area contributed by atoms with E-state index < -0.39 is 0 Å². The Kier molecular flexibility index (Phi) is 2.68. The van der Waals surface area contributed by atoms with Gasteiger partial charge in [-0.2, -0.15) is 0 Å². The highest BCUT2D eigenvalue weighted by Crippen LogP contribution is 2.22. The molecule has 0 spiro atoms. The summed E-state index contributed by atoms with van der Waals surface area (Å²) in [4.78, 5) is 10.9. The molecule has 1 heterocycles. The molecule has 0 atom stereocenters. The Morgan fingerprint density at radius 2 is 2.12 bits per heavy atom. The largest absolute Gasteiger partial charge is 0.494 e. The van der Waals surface area contributed by atoms with Crippen LogP contribution in [-0.2, 0) is 0 Å². The van der Waals surface area contributed by atoms with Crippen LogP contribution in [0.25, 0.3) is 5.69 Å². The molecule has 5 heteroatoms. The normalized spacial score (nSPS) is 10.1. The Morgan fingerprint density at radius 3 is 2.81 bits per heavy atom. The predicted molar refractivity (Wildman–Crippen MR) is 58.0 cm³/mol. The number of aldehydes is 1. The zero-order chi connectivity index (χ0) is 11.5. The van der Waals surface area contributed by atoms with Gasteiger partial charge in [0.2, 0.25) is 0 Å². The Balaban J connectivity index is 2.62. The van der Waals surface area contributed by atoms with E-state index in [1.165, 1.54) is 4.68 Å². The monoisotopic (exact) mass is 217 g/mol. The molecule has 0 aliphatic rings. The molecule has 82 valence electrons. The molecule has 5 nitrogen and oxygen atoms in total. The average Bonchev–Trinajstić information content (AvgIpc) is 2.70. The van der Waals surface area contributed by atoms with Gasteiger partial charge in [0.25, 0.3) is 0 Å². The van der Waals surface area contributed by atoms with Gasteiger partial charge in [-0.15, -0.1) is 5.10 Å². The molecule has 2 aromatic rings. The summed E-state index contributed by atoms with van der Waals surface area (Å²) < 4.78 is 6.68. The first kappa shape index (κ1) is 10.4. The minimum Gasteiger partial charge on any atom is -0.494 e. The first-order valence-electron chi connectivity index (χ1n) is 4.78. The molecule has 0 saturated carbocycles. The van der Waals surface area contributed by atoms with Gasteiger partial charge in [0.05, 0.1) is 12.8 Å². The fourth-order valence-corrected chi connectivity index (χ4v) is 1.48. The summed E-state index contributed by atoms with van der Waals surface area (Å²) in [6.07, 6.45) is 0.738. The number of hydrogen-bond acceptors (Lipinski definition) is 4. The van der Waals surface area contributed by atoms with Crippen molar-refractivity contribution in [2.24, 2.45) is 0 Å². The molecule has 1 aromatic heterocycles. The highest BCUT2D eigenvalue weighted by atomic mass is 16.5. The molecule has 0 saturated heterocycles. The molecule has 0 bridgehead atoms. The SMILES string of the molecule is COc1ccccc1-n1nnc(C)c1C=O. The summed E-state index contributed by atoms with van der Waals surface area (Å²) in [5, 5.41) is 7.79. The number of para-hydroxylation sites is 2. The lowest BCUT2D eigenvalue weighted by Gasteiger charge is -2.07. The molecular weight excluding hydrogens is 206 g/mol. The molecule has 0 unspecified atom stereocenters. The van der Waals surface area contributed by atoms with Gasteiger partial charge in [-0.05, 0) is 19.1 Å². The topological polar surface area (TPSA) is 57.0 Å². The van der Waals surface area contributed by atoms with Crippen molar-refractivity contribution >= 4 is 6.29 Å². The van der Waals surface area contributed by atoms with Crippen LogP contribution in [0.3, 0.4) is 0 Å². The minimum absolute atomic E-state index is 0.435. The number of ether oxygens (including phenoxy) is 1. The van der Waals surface area contributed by atoms with Crippen molar-refractivity contribution in [3.8, 4) is 11.4 Å². The number of carbonyl (C=O) groups excluding carboxylic acids is 1. The smallest absolute Gasteiger partial charge is 0.170 e. The third-order valence-corrected chi connectivity index (χ3v) is 2.31. The van der Waals surface area contributed by atoms with E-state index in [0.717, 1.165) is 6.29 Å². The van der Waals surface area contributed by atoms with Crippen LogP contribution < -0.4 is 4.74 Å². The Labute approximate surface area is 92.7 Å². The van der Waals surface area contributed by atoms with Crippen LogP contribution in [-0.4, -0.2) is 28.4 Å². The summed E-state index contributed by atoms with van der Waals surface area (Å²) in [7, 11) is 1.57. The van der Waals surface area contributed by atoms with Crippen LogP contribution in [0, 0.1) is 6.92 Å². The number of rotatable bonds is 3. The van der Waals surface area contributed by atoms with Gasteiger partial charge >= 0.3 is 0 Å². The van der Waals surface area contributed by atoms with Crippen LogP contribution in [0.5, 0.6) is 5.75 Å². The van der Waals surface area contributed by atoms with Gasteiger partial charge in [0.1, 0.15) is 17.1 Å². The summed E-state index contributed by atoms with van der Waals surface area (Å²) in [5.41, 5.74) is 1.73.